The van der Waals surface area contributed by atoms with Crippen molar-refractivity contribution in [3.8, 4) is 22.5 Å². The third-order valence-corrected chi connectivity index (χ3v) is 4.14. The van der Waals surface area contributed by atoms with Crippen molar-refractivity contribution in [2.24, 2.45) is 0 Å². The number of hydrogen-bond acceptors (Lipinski definition) is 3. The van der Waals surface area contributed by atoms with Crippen LogP contribution in [0.25, 0.3) is 22.5 Å². The quantitative estimate of drug-likeness (QED) is 0.568. The molecule has 0 aliphatic heterocycles. The van der Waals surface area contributed by atoms with Crippen molar-refractivity contribution < 1.29 is 0 Å². The average Bonchev–Trinajstić information content (AvgIpc) is 2.49. The van der Waals surface area contributed by atoms with Crippen molar-refractivity contribution in [2.45, 2.75) is 0 Å². The molecule has 3 nitrogen and oxygen atoms in total. The van der Waals surface area contributed by atoms with Crippen molar-refractivity contribution in [3.63, 3.8) is 0 Å². The molecule has 1 aromatic carbocycles. The molecule has 0 atom stereocenters. The molecule has 2 heterocycles. The molecule has 0 aliphatic rings. The van der Waals surface area contributed by atoms with E-state index in [-0.39, 0.29) is 0 Å². The number of halogens is 3. The van der Waals surface area contributed by atoms with Gasteiger partial charge in [0, 0.05) is 28.0 Å². The topological polar surface area (TPSA) is 38.7 Å². The van der Waals surface area contributed by atoms with Crippen LogP contribution < -0.4 is 0 Å². The summed E-state index contributed by atoms with van der Waals surface area (Å²) in [5.74, 6) is 0.475. The van der Waals surface area contributed by atoms with Gasteiger partial charge in [0.15, 0.2) is 5.82 Å². The Morgan fingerprint density at radius 1 is 0.857 bits per heavy atom. The molecule has 0 spiro atoms. The molecular weight excluding hydrogens is 373 g/mol. The summed E-state index contributed by atoms with van der Waals surface area (Å²) in [4.78, 5) is 12.7. The fraction of sp³-hybridized carbons (Fsp3) is 0. The Balaban J connectivity index is 2.16. The standard InChI is InChI=1S/C15H8BrCl2N3/c16-11-4-2-1-3-10(11)12-13(17)20-15(21-14(12)18)9-5-7-19-8-6-9/h1-8H. The molecule has 3 rings (SSSR count). The summed E-state index contributed by atoms with van der Waals surface area (Å²) in [7, 11) is 0. The molecule has 0 bridgehead atoms. The molecule has 2 aromatic heterocycles. The number of nitrogens with zero attached hydrogens (tertiary/aromatic N) is 3. The van der Waals surface area contributed by atoms with Crippen LogP contribution in [0.2, 0.25) is 10.3 Å². The summed E-state index contributed by atoms with van der Waals surface area (Å²) >= 11 is 16.1. The van der Waals surface area contributed by atoms with Crippen LogP contribution in [0.5, 0.6) is 0 Å². The number of pyridine rings is 1. The van der Waals surface area contributed by atoms with E-state index < -0.39 is 0 Å². The smallest absolute Gasteiger partial charge is 0.162 e. The molecular formula is C15H8BrCl2N3. The summed E-state index contributed by atoms with van der Waals surface area (Å²) in [5, 5.41) is 0.627. The van der Waals surface area contributed by atoms with Crippen molar-refractivity contribution in [2.75, 3.05) is 0 Å². The van der Waals surface area contributed by atoms with Gasteiger partial charge >= 0.3 is 0 Å². The highest BCUT2D eigenvalue weighted by Crippen LogP contribution is 2.37. The minimum absolute atomic E-state index is 0.314. The van der Waals surface area contributed by atoms with E-state index in [0.29, 0.717) is 21.7 Å². The normalized spacial score (nSPS) is 10.6. The summed E-state index contributed by atoms with van der Waals surface area (Å²) in [6.07, 6.45) is 3.34. The molecule has 0 N–H and O–H groups in total. The first kappa shape index (κ1) is 14.4. The molecule has 3 aromatic rings. The monoisotopic (exact) mass is 379 g/mol. The van der Waals surface area contributed by atoms with E-state index in [1.807, 2.05) is 24.3 Å². The lowest BCUT2D eigenvalue weighted by molar-refractivity contribution is 1.17. The van der Waals surface area contributed by atoms with Crippen LogP contribution in [0.1, 0.15) is 0 Å². The van der Waals surface area contributed by atoms with Crippen molar-refractivity contribution >= 4 is 39.1 Å². The van der Waals surface area contributed by atoms with Gasteiger partial charge in [-0.05, 0) is 18.2 Å². The summed E-state index contributed by atoms with van der Waals surface area (Å²) in [5.41, 5.74) is 2.28. The third-order valence-electron chi connectivity index (χ3n) is 2.90. The lowest BCUT2D eigenvalue weighted by Gasteiger charge is -2.10. The van der Waals surface area contributed by atoms with Gasteiger partial charge in [-0.1, -0.05) is 57.3 Å². The van der Waals surface area contributed by atoms with E-state index in [1.165, 1.54) is 0 Å². The van der Waals surface area contributed by atoms with E-state index in [0.717, 1.165) is 15.6 Å². The first-order chi connectivity index (χ1) is 10.2. The van der Waals surface area contributed by atoms with E-state index in [9.17, 15) is 0 Å². The first-order valence-corrected chi connectivity index (χ1v) is 7.60. The van der Waals surface area contributed by atoms with Gasteiger partial charge in [0.05, 0.1) is 5.56 Å². The van der Waals surface area contributed by atoms with Crippen molar-refractivity contribution in [3.05, 3.63) is 63.6 Å². The second kappa shape index (κ2) is 6.10. The first-order valence-electron chi connectivity index (χ1n) is 6.05. The summed E-state index contributed by atoms with van der Waals surface area (Å²) in [6, 6.07) is 11.3. The SMILES string of the molecule is Clc1nc(-c2ccncc2)nc(Cl)c1-c1ccccc1Br. The Kier molecular flexibility index (Phi) is 4.19. The molecule has 0 amide bonds. The Bertz CT molecular complexity index is 771. The molecule has 0 aliphatic carbocycles. The van der Waals surface area contributed by atoms with E-state index in [4.69, 9.17) is 23.2 Å². The van der Waals surface area contributed by atoms with Crippen molar-refractivity contribution in [1.29, 1.82) is 0 Å². The predicted octanol–water partition coefficient (Wildman–Crippen LogP) is 5.27. The fourth-order valence-corrected chi connectivity index (χ4v) is 3.00. The molecule has 0 fully saturated rings. The van der Waals surface area contributed by atoms with Crippen LogP contribution in [0.15, 0.2) is 53.3 Å². The molecule has 6 heteroatoms. The summed E-state index contributed by atoms with van der Waals surface area (Å²) < 4.78 is 0.883. The van der Waals surface area contributed by atoms with Gasteiger partial charge in [-0.25, -0.2) is 9.97 Å². The molecule has 0 radical (unpaired) electrons. The highest BCUT2D eigenvalue weighted by molar-refractivity contribution is 9.10. The fourth-order valence-electron chi connectivity index (χ4n) is 1.92. The maximum atomic E-state index is 6.32. The second-order valence-electron chi connectivity index (χ2n) is 4.22. The van der Waals surface area contributed by atoms with Gasteiger partial charge in [-0.2, -0.15) is 0 Å². The average molecular weight is 381 g/mol. The van der Waals surface area contributed by atoms with E-state index >= 15 is 0 Å². The van der Waals surface area contributed by atoms with Gasteiger partial charge in [-0.3, -0.25) is 4.98 Å². The van der Waals surface area contributed by atoms with Gasteiger partial charge in [0.2, 0.25) is 0 Å². The zero-order chi connectivity index (χ0) is 14.8. The van der Waals surface area contributed by atoms with Gasteiger partial charge in [0.1, 0.15) is 10.3 Å². The van der Waals surface area contributed by atoms with Crippen LogP contribution in [0.4, 0.5) is 0 Å². The highest BCUT2D eigenvalue weighted by atomic mass is 79.9. The number of benzene rings is 1. The van der Waals surface area contributed by atoms with Crippen LogP contribution in [-0.4, -0.2) is 15.0 Å². The molecule has 0 unspecified atom stereocenters. The van der Waals surface area contributed by atoms with Crippen LogP contribution in [0.3, 0.4) is 0 Å². The summed E-state index contributed by atoms with van der Waals surface area (Å²) in [6.45, 7) is 0. The minimum Gasteiger partial charge on any atom is -0.265 e. The molecule has 21 heavy (non-hydrogen) atoms. The lowest BCUT2D eigenvalue weighted by Crippen LogP contribution is -1.95. The minimum atomic E-state index is 0.314. The molecule has 0 saturated carbocycles. The largest absolute Gasteiger partial charge is 0.265 e. The highest BCUT2D eigenvalue weighted by Gasteiger charge is 2.16. The number of aromatic nitrogens is 3. The Morgan fingerprint density at radius 2 is 1.48 bits per heavy atom. The predicted molar refractivity (Wildman–Crippen MR) is 88.4 cm³/mol. The Morgan fingerprint density at radius 3 is 2.10 bits per heavy atom. The third kappa shape index (κ3) is 2.93. The van der Waals surface area contributed by atoms with Crippen LogP contribution in [-0.2, 0) is 0 Å². The Labute approximate surface area is 140 Å². The molecule has 0 saturated heterocycles. The van der Waals surface area contributed by atoms with Gasteiger partial charge < -0.3 is 0 Å². The van der Waals surface area contributed by atoms with E-state index in [1.54, 1.807) is 24.5 Å². The van der Waals surface area contributed by atoms with Crippen LogP contribution >= 0.6 is 39.1 Å². The Hall–Kier alpha value is -1.49. The maximum Gasteiger partial charge on any atom is 0.162 e. The molecule has 104 valence electrons. The van der Waals surface area contributed by atoms with Crippen molar-refractivity contribution in [1.82, 2.24) is 15.0 Å². The second-order valence-corrected chi connectivity index (χ2v) is 5.79. The number of hydrogen-bond donors (Lipinski definition) is 0. The van der Waals surface area contributed by atoms with Crippen LogP contribution in [0, 0.1) is 0 Å². The van der Waals surface area contributed by atoms with Gasteiger partial charge in [-0.15, -0.1) is 0 Å². The maximum absolute atomic E-state index is 6.32. The zero-order valence-electron chi connectivity index (χ0n) is 10.6. The number of rotatable bonds is 2. The zero-order valence-corrected chi connectivity index (χ0v) is 13.7. The van der Waals surface area contributed by atoms with Gasteiger partial charge in [0.25, 0.3) is 0 Å². The lowest BCUT2D eigenvalue weighted by atomic mass is 10.1. The van der Waals surface area contributed by atoms with E-state index in [2.05, 4.69) is 30.9 Å².